The van der Waals surface area contributed by atoms with Gasteiger partial charge in [-0.3, -0.25) is 9.13 Å². The Morgan fingerprint density at radius 3 is 2.42 bits per heavy atom. The summed E-state index contributed by atoms with van der Waals surface area (Å²) in [5.41, 5.74) is 3.06. The lowest BCUT2D eigenvalue weighted by Crippen LogP contribution is -2.23. The monoisotopic (exact) mass is 345 g/mol. The van der Waals surface area contributed by atoms with Gasteiger partial charge >= 0.3 is 5.69 Å². The molecule has 0 bridgehead atoms. The second kappa shape index (κ2) is 5.92. The van der Waals surface area contributed by atoms with E-state index in [1.807, 2.05) is 31.2 Å². The molecule has 0 radical (unpaired) electrons. The van der Waals surface area contributed by atoms with Crippen LogP contribution in [0.5, 0.6) is 0 Å². The van der Waals surface area contributed by atoms with Crippen LogP contribution in [0.15, 0.2) is 52.2 Å². The molecule has 24 heavy (non-hydrogen) atoms. The highest BCUT2D eigenvalue weighted by Gasteiger charge is 2.17. The average Bonchev–Trinajstić information content (AvgIpc) is 2.77. The number of aromatic nitrogens is 2. The molecule has 6 nitrogen and oxygen atoms in total. The van der Waals surface area contributed by atoms with Gasteiger partial charge in [0.1, 0.15) is 0 Å². The summed E-state index contributed by atoms with van der Waals surface area (Å²) in [6.45, 7) is 2.18. The zero-order valence-electron chi connectivity index (χ0n) is 13.8. The summed E-state index contributed by atoms with van der Waals surface area (Å²) in [6.07, 6.45) is 0. The Hall–Kier alpha value is -2.38. The second-order valence-electron chi connectivity index (χ2n) is 5.86. The van der Waals surface area contributed by atoms with E-state index >= 15 is 0 Å². The van der Waals surface area contributed by atoms with Crippen LogP contribution in [0.25, 0.3) is 11.0 Å². The van der Waals surface area contributed by atoms with Crippen molar-refractivity contribution in [1.29, 1.82) is 0 Å². The third kappa shape index (κ3) is 2.88. The summed E-state index contributed by atoms with van der Waals surface area (Å²) in [4.78, 5) is 12.1. The van der Waals surface area contributed by atoms with Gasteiger partial charge in [-0.25, -0.2) is 17.9 Å². The molecule has 0 atom stereocenters. The van der Waals surface area contributed by atoms with Crippen LogP contribution < -0.4 is 10.4 Å². The predicted molar refractivity (Wildman–Crippen MR) is 93.4 cm³/mol. The molecular weight excluding hydrogens is 326 g/mol. The fourth-order valence-electron chi connectivity index (χ4n) is 2.74. The number of imidazole rings is 1. The minimum atomic E-state index is -3.66. The van der Waals surface area contributed by atoms with Gasteiger partial charge in [0.05, 0.1) is 15.9 Å². The van der Waals surface area contributed by atoms with Gasteiger partial charge in [0.25, 0.3) is 0 Å². The number of nitrogens with zero attached hydrogens (tertiary/aromatic N) is 2. The van der Waals surface area contributed by atoms with E-state index in [2.05, 4.69) is 4.72 Å². The maximum atomic E-state index is 12.5. The molecule has 0 unspecified atom stereocenters. The van der Waals surface area contributed by atoms with E-state index in [-0.39, 0.29) is 17.1 Å². The SMILES string of the molecule is Cc1cccc(CNS(=O)(=O)c2ccc3c(c2)n(C)c(=O)n3C)c1. The maximum absolute atomic E-state index is 12.5. The molecule has 0 fully saturated rings. The molecule has 0 saturated carbocycles. The highest BCUT2D eigenvalue weighted by atomic mass is 32.2. The van der Waals surface area contributed by atoms with E-state index < -0.39 is 10.0 Å². The first-order valence-electron chi connectivity index (χ1n) is 7.50. The Balaban J connectivity index is 1.93. The second-order valence-corrected chi connectivity index (χ2v) is 7.63. The number of benzene rings is 2. The van der Waals surface area contributed by atoms with Gasteiger partial charge in [-0.05, 0) is 30.7 Å². The van der Waals surface area contributed by atoms with Gasteiger partial charge < -0.3 is 0 Å². The summed E-state index contributed by atoms with van der Waals surface area (Å²) < 4.78 is 30.6. The molecule has 1 N–H and O–H groups in total. The predicted octanol–water partition coefficient (Wildman–Crippen LogP) is 1.66. The van der Waals surface area contributed by atoms with Crippen molar-refractivity contribution in [2.24, 2.45) is 14.1 Å². The minimum absolute atomic E-state index is 0.142. The number of aryl methyl sites for hydroxylation is 3. The van der Waals surface area contributed by atoms with Crippen LogP contribution in [0.4, 0.5) is 0 Å². The first-order valence-corrected chi connectivity index (χ1v) is 8.98. The van der Waals surface area contributed by atoms with E-state index in [1.165, 1.54) is 21.3 Å². The lowest BCUT2D eigenvalue weighted by molar-refractivity contribution is 0.581. The average molecular weight is 345 g/mol. The Kier molecular flexibility index (Phi) is 4.06. The molecule has 0 spiro atoms. The molecule has 2 aromatic carbocycles. The standard InChI is InChI=1S/C17H19N3O3S/c1-12-5-4-6-13(9-12)11-18-24(22,23)14-7-8-15-16(10-14)20(3)17(21)19(15)2/h4-10,18H,11H2,1-3H3. The number of hydrogen-bond donors (Lipinski definition) is 1. The molecule has 3 aromatic rings. The molecule has 0 aliphatic heterocycles. The summed E-state index contributed by atoms with van der Waals surface area (Å²) >= 11 is 0. The van der Waals surface area contributed by atoms with E-state index in [1.54, 1.807) is 20.2 Å². The minimum Gasteiger partial charge on any atom is -0.295 e. The van der Waals surface area contributed by atoms with E-state index in [0.717, 1.165) is 11.1 Å². The van der Waals surface area contributed by atoms with Crippen LogP contribution in [0, 0.1) is 6.92 Å². The molecule has 7 heteroatoms. The van der Waals surface area contributed by atoms with Crippen molar-refractivity contribution < 1.29 is 8.42 Å². The Labute approximate surface area is 140 Å². The maximum Gasteiger partial charge on any atom is 0.328 e. The van der Waals surface area contributed by atoms with Crippen LogP contribution in [0.2, 0.25) is 0 Å². The number of sulfonamides is 1. The van der Waals surface area contributed by atoms with Crippen molar-refractivity contribution in [1.82, 2.24) is 13.9 Å². The van der Waals surface area contributed by atoms with Crippen molar-refractivity contribution in [3.8, 4) is 0 Å². The third-order valence-corrected chi connectivity index (χ3v) is 5.50. The van der Waals surface area contributed by atoms with E-state index in [9.17, 15) is 13.2 Å². The molecule has 3 rings (SSSR count). The van der Waals surface area contributed by atoms with Crippen molar-refractivity contribution in [2.45, 2.75) is 18.4 Å². The van der Waals surface area contributed by atoms with E-state index in [4.69, 9.17) is 0 Å². The van der Waals surface area contributed by atoms with Crippen LogP contribution in [0.3, 0.4) is 0 Å². The quantitative estimate of drug-likeness (QED) is 0.782. The normalized spacial score (nSPS) is 12.0. The van der Waals surface area contributed by atoms with Gasteiger partial charge in [0.2, 0.25) is 10.0 Å². The fourth-order valence-corrected chi connectivity index (χ4v) is 3.77. The number of fused-ring (bicyclic) bond motifs is 1. The first kappa shape index (κ1) is 16.5. The summed E-state index contributed by atoms with van der Waals surface area (Å²) in [5, 5.41) is 0. The molecular formula is C17H19N3O3S. The molecule has 1 heterocycles. The fraction of sp³-hybridized carbons (Fsp3) is 0.235. The number of rotatable bonds is 4. The van der Waals surface area contributed by atoms with Gasteiger partial charge in [0, 0.05) is 20.6 Å². The molecule has 1 aromatic heterocycles. The Bertz CT molecular complexity index is 1080. The summed E-state index contributed by atoms with van der Waals surface area (Å²) in [7, 11) is -0.370. The van der Waals surface area contributed by atoms with Gasteiger partial charge in [-0.15, -0.1) is 0 Å². The third-order valence-electron chi connectivity index (χ3n) is 4.10. The zero-order chi connectivity index (χ0) is 17.5. The number of nitrogens with one attached hydrogen (secondary N) is 1. The van der Waals surface area contributed by atoms with Gasteiger partial charge in [-0.2, -0.15) is 0 Å². The zero-order valence-corrected chi connectivity index (χ0v) is 14.6. The van der Waals surface area contributed by atoms with Crippen molar-refractivity contribution >= 4 is 21.1 Å². The Morgan fingerprint density at radius 1 is 1.00 bits per heavy atom. The summed E-state index contributed by atoms with van der Waals surface area (Å²) in [6, 6.07) is 12.4. The number of hydrogen-bond acceptors (Lipinski definition) is 3. The highest BCUT2D eigenvalue weighted by molar-refractivity contribution is 7.89. The smallest absolute Gasteiger partial charge is 0.295 e. The molecule has 0 aliphatic carbocycles. The van der Waals surface area contributed by atoms with E-state index in [0.29, 0.717) is 11.0 Å². The topological polar surface area (TPSA) is 73.1 Å². The van der Waals surface area contributed by atoms with Crippen LogP contribution in [-0.4, -0.2) is 17.6 Å². The first-order chi connectivity index (χ1) is 11.3. The molecule has 0 saturated heterocycles. The lowest BCUT2D eigenvalue weighted by atomic mass is 10.1. The van der Waals surface area contributed by atoms with Crippen molar-refractivity contribution in [2.75, 3.05) is 0 Å². The Morgan fingerprint density at radius 2 is 1.71 bits per heavy atom. The largest absolute Gasteiger partial charge is 0.328 e. The lowest BCUT2D eigenvalue weighted by Gasteiger charge is -2.08. The van der Waals surface area contributed by atoms with Crippen LogP contribution in [0.1, 0.15) is 11.1 Å². The van der Waals surface area contributed by atoms with Crippen LogP contribution >= 0.6 is 0 Å². The van der Waals surface area contributed by atoms with Gasteiger partial charge in [0.15, 0.2) is 0 Å². The summed E-state index contributed by atoms with van der Waals surface area (Å²) in [5.74, 6) is 0. The van der Waals surface area contributed by atoms with Crippen LogP contribution in [-0.2, 0) is 30.7 Å². The van der Waals surface area contributed by atoms with Gasteiger partial charge in [-0.1, -0.05) is 29.8 Å². The molecule has 126 valence electrons. The van der Waals surface area contributed by atoms with Crippen molar-refractivity contribution in [3.63, 3.8) is 0 Å². The highest BCUT2D eigenvalue weighted by Crippen LogP contribution is 2.18. The molecule has 0 aliphatic rings. The van der Waals surface area contributed by atoms with Crippen molar-refractivity contribution in [3.05, 3.63) is 64.1 Å². The molecule has 0 amide bonds.